The van der Waals surface area contributed by atoms with Crippen LogP contribution in [0.1, 0.15) is 23.7 Å². The number of rotatable bonds is 7. The number of ether oxygens (including phenoxy) is 1. The monoisotopic (exact) mass is 345 g/mol. The first-order chi connectivity index (χ1) is 11.9. The lowest BCUT2D eigenvalue weighted by Gasteiger charge is -2.09. The van der Waals surface area contributed by atoms with Crippen LogP contribution < -0.4 is 10.1 Å². The zero-order valence-corrected chi connectivity index (χ0v) is 13.3. The quantitative estimate of drug-likeness (QED) is 0.604. The highest BCUT2D eigenvalue weighted by molar-refractivity contribution is 6.07. The Balaban J connectivity index is 2.26. The molecule has 1 N–H and O–H groups in total. The minimum atomic E-state index is -0.831. The maximum Gasteiger partial charge on any atom is 0.289 e. The smallest absolute Gasteiger partial charge is 0.289 e. The van der Waals surface area contributed by atoms with Crippen molar-refractivity contribution in [1.82, 2.24) is 0 Å². The zero-order chi connectivity index (χ0) is 18.4. The lowest BCUT2D eigenvalue weighted by molar-refractivity contribution is -0.394. The van der Waals surface area contributed by atoms with Crippen LogP contribution in [0, 0.1) is 20.2 Å². The van der Waals surface area contributed by atoms with Crippen molar-refractivity contribution in [3.8, 4) is 5.75 Å². The second-order valence-corrected chi connectivity index (χ2v) is 5.05. The van der Waals surface area contributed by atoms with Crippen molar-refractivity contribution >= 4 is 23.0 Å². The molecule has 1 amide bonds. The van der Waals surface area contributed by atoms with E-state index in [4.69, 9.17) is 4.74 Å². The third-order valence-corrected chi connectivity index (χ3v) is 3.20. The van der Waals surface area contributed by atoms with Crippen molar-refractivity contribution in [3.63, 3.8) is 0 Å². The molecule has 0 bridgehead atoms. The van der Waals surface area contributed by atoms with Gasteiger partial charge in [-0.25, -0.2) is 0 Å². The summed E-state index contributed by atoms with van der Waals surface area (Å²) in [5, 5.41) is 24.4. The second kappa shape index (κ2) is 7.86. The number of nitro groups is 2. The molecular weight excluding hydrogens is 330 g/mol. The van der Waals surface area contributed by atoms with Crippen molar-refractivity contribution in [3.05, 3.63) is 68.3 Å². The van der Waals surface area contributed by atoms with Crippen molar-refractivity contribution in [1.29, 1.82) is 0 Å². The Morgan fingerprint density at radius 3 is 2.52 bits per heavy atom. The van der Waals surface area contributed by atoms with Gasteiger partial charge in [-0.3, -0.25) is 25.0 Å². The van der Waals surface area contributed by atoms with Crippen molar-refractivity contribution in [2.24, 2.45) is 0 Å². The summed E-state index contributed by atoms with van der Waals surface area (Å²) in [6.45, 7) is 2.48. The molecule has 9 heteroatoms. The number of anilines is 1. The van der Waals surface area contributed by atoms with E-state index in [0.29, 0.717) is 18.0 Å². The van der Waals surface area contributed by atoms with Gasteiger partial charge in [0.25, 0.3) is 17.3 Å². The highest BCUT2D eigenvalue weighted by atomic mass is 16.6. The number of nitrogens with one attached hydrogen (secondary N) is 1. The van der Waals surface area contributed by atoms with Gasteiger partial charge in [0.1, 0.15) is 11.3 Å². The molecule has 0 aliphatic heterocycles. The van der Waals surface area contributed by atoms with Crippen LogP contribution in [0.5, 0.6) is 5.75 Å². The predicted octanol–water partition coefficient (Wildman–Crippen LogP) is 3.54. The standard InChI is InChI=1S/C16H15N3O6/c1-2-8-25-13-5-3-4-11(9-13)17-16(20)14-7-6-12(18(21)22)10-15(14)19(23)24/h3-7,9-10H,2,8H2,1H3,(H,17,20). The fourth-order valence-electron chi connectivity index (χ4n) is 2.06. The van der Waals surface area contributed by atoms with Crippen LogP contribution in [-0.4, -0.2) is 22.4 Å². The van der Waals surface area contributed by atoms with Crippen LogP contribution in [0.3, 0.4) is 0 Å². The molecule has 0 aliphatic rings. The number of amides is 1. The van der Waals surface area contributed by atoms with E-state index in [0.717, 1.165) is 24.6 Å². The van der Waals surface area contributed by atoms with Gasteiger partial charge < -0.3 is 10.1 Å². The van der Waals surface area contributed by atoms with Gasteiger partial charge in [0.05, 0.1) is 22.5 Å². The lowest BCUT2D eigenvalue weighted by atomic mass is 10.1. The molecule has 2 rings (SSSR count). The summed E-state index contributed by atoms with van der Waals surface area (Å²) in [4.78, 5) is 32.6. The Kier molecular flexibility index (Phi) is 5.62. The molecule has 0 unspecified atom stereocenters. The van der Waals surface area contributed by atoms with E-state index in [1.807, 2.05) is 6.92 Å². The fraction of sp³-hybridized carbons (Fsp3) is 0.188. The molecule has 0 saturated heterocycles. The van der Waals surface area contributed by atoms with E-state index in [-0.39, 0.29) is 5.56 Å². The van der Waals surface area contributed by atoms with Crippen molar-refractivity contribution in [2.45, 2.75) is 13.3 Å². The second-order valence-electron chi connectivity index (χ2n) is 5.05. The third-order valence-electron chi connectivity index (χ3n) is 3.20. The number of carbonyl (C=O) groups is 1. The average Bonchev–Trinajstić information content (AvgIpc) is 2.59. The predicted molar refractivity (Wildman–Crippen MR) is 89.9 cm³/mol. The van der Waals surface area contributed by atoms with Crippen molar-refractivity contribution in [2.75, 3.05) is 11.9 Å². The van der Waals surface area contributed by atoms with Gasteiger partial charge in [-0.2, -0.15) is 0 Å². The van der Waals surface area contributed by atoms with Gasteiger partial charge in [-0.05, 0) is 24.6 Å². The van der Waals surface area contributed by atoms with Gasteiger partial charge >= 0.3 is 0 Å². The SMILES string of the molecule is CCCOc1cccc(NC(=O)c2ccc([N+](=O)[O-])cc2[N+](=O)[O-])c1. The summed E-state index contributed by atoms with van der Waals surface area (Å²) in [5.74, 6) is -0.188. The first kappa shape index (κ1) is 17.9. The van der Waals surface area contributed by atoms with Crippen LogP contribution in [0.25, 0.3) is 0 Å². The number of nitrogens with zero attached hydrogens (tertiary/aromatic N) is 2. The molecule has 0 aromatic heterocycles. The van der Waals surface area contributed by atoms with Crippen LogP contribution >= 0.6 is 0 Å². The number of hydrogen-bond donors (Lipinski definition) is 1. The number of benzene rings is 2. The summed E-state index contributed by atoms with van der Waals surface area (Å²) in [7, 11) is 0. The molecule has 0 fully saturated rings. The number of nitro benzene ring substituents is 2. The number of hydrogen-bond acceptors (Lipinski definition) is 6. The summed E-state index contributed by atoms with van der Waals surface area (Å²) in [5.41, 5.74) is -0.968. The van der Waals surface area contributed by atoms with Gasteiger partial charge in [0.15, 0.2) is 0 Å². The van der Waals surface area contributed by atoms with E-state index in [1.165, 1.54) is 0 Å². The number of carbonyl (C=O) groups excluding carboxylic acids is 1. The summed E-state index contributed by atoms with van der Waals surface area (Å²) >= 11 is 0. The minimum absolute atomic E-state index is 0.268. The van der Waals surface area contributed by atoms with Crippen LogP contribution in [0.4, 0.5) is 17.1 Å². The van der Waals surface area contributed by atoms with E-state index in [2.05, 4.69) is 5.32 Å². The van der Waals surface area contributed by atoms with E-state index in [9.17, 15) is 25.0 Å². The Hall–Kier alpha value is -3.49. The highest BCUT2D eigenvalue weighted by Crippen LogP contribution is 2.26. The summed E-state index contributed by atoms with van der Waals surface area (Å²) < 4.78 is 5.45. The molecule has 2 aromatic carbocycles. The first-order valence-corrected chi connectivity index (χ1v) is 7.39. The topological polar surface area (TPSA) is 125 Å². The fourth-order valence-corrected chi connectivity index (χ4v) is 2.06. The molecule has 2 aromatic rings. The maximum atomic E-state index is 12.3. The molecule has 0 aliphatic carbocycles. The summed E-state index contributed by atoms with van der Waals surface area (Å²) in [6.07, 6.45) is 0.825. The van der Waals surface area contributed by atoms with Crippen LogP contribution in [0.15, 0.2) is 42.5 Å². The third kappa shape index (κ3) is 4.50. The average molecular weight is 345 g/mol. The molecule has 0 heterocycles. The normalized spacial score (nSPS) is 10.1. The Morgan fingerprint density at radius 1 is 1.12 bits per heavy atom. The Morgan fingerprint density at radius 2 is 1.88 bits per heavy atom. The molecule has 130 valence electrons. The van der Waals surface area contributed by atoms with E-state index in [1.54, 1.807) is 24.3 Å². The zero-order valence-electron chi connectivity index (χ0n) is 13.3. The molecule has 25 heavy (non-hydrogen) atoms. The molecule has 0 atom stereocenters. The van der Waals surface area contributed by atoms with Gasteiger partial charge in [0.2, 0.25) is 0 Å². The molecule has 0 saturated carbocycles. The Bertz CT molecular complexity index is 821. The highest BCUT2D eigenvalue weighted by Gasteiger charge is 2.24. The molecule has 9 nitrogen and oxygen atoms in total. The van der Waals surface area contributed by atoms with Gasteiger partial charge in [-0.15, -0.1) is 0 Å². The van der Waals surface area contributed by atoms with Crippen LogP contribution in [0.2, 0.25) is 0 Å². The largest absolute Gasteiger partial charge is 0.494 e. The lowest BCUT2D eigenvalue weighted by Crippen LogP contribution is -2.14. The summed E-state index contributed by atoms with van der Waals surface area (Å²) in [6, 6.07) is 9.45. The minimum Gasteiger partial charge on any atom is -0.494 e. The van der Waals surface area contributed by atoms with Gasteiger partial charge in [0, 0.05) is 17.8 Å². The molecular formula is C16H15N3O6. The first-order valence-electron chi connectivity index (χ1n) is 7.39. The Labute approximate surface area is 142 Å². The van der Waals surface area contributed by atoms with Gasteiger partial charge in [-0.1, -0.05) is 13.0 Å². The molecule has 0 spiro atoms. The van der Waals surface area contributed by atoms with E-state index >= 15 is 0 Å². The van der Waals surface area contributed by atoms with Crippen LogP contribution in [-0.2, 0) is 0 Å². The molecule has 0 radical (unpaired) electrons. The maximum absolute atomic E-state index is 12.3. The van der Waals surface area contributed by atoms with Crippen molar-refractivity contribution < 1.29 is 19.4 Å². The number of non-ortho nitro benzene ring substituents is 1. The van der Waals surface area contributed by atoms with E-state index < -0.39 is 27.1 Å².